The van der Waals surface area contributed by atoms with E-state index in [0.29, 0.717) is 16.6 Å². The van der Waals surface area contributed by atoms with Gasteiger partial charge in [-0.15, -0.1) is 0 Å². The number of halogens is 1. The van der Waals surface area contributed by atoms with Crippen LogP contribution in [0.2, 0.25) is 0 Å². The van der Waals surface area contributed by atoms with Crippen LogP contribution < -0.4 is 0 Å². The molecule has 0 spiro atoms. The Morgan fingerprint density at radius 2 is 1.95 bits per heavy atom. The quantitative estimate of drug-likeness (QED) is 0.667. The van der Waals surface area contributed by atoms with Gasteiger partial charge < -0.3 is 10.2 Å². The highest BCUT2D eigenvalue weighted by Crippen LogP contribution is 2.32. The third-order valence-corrected chi connectivity index (χ3v) is 2.96. The Labute approximate surface area is 112 Å². The van der Waals surface area contributed by atoms with Crippen molar-refractivity contribution in [1.29, 1.82) is 0 Å². The van der Waals surface area contributed by atoms with Crippen LogP contribution in [-0.2, 0) is 0 Å². The number of phenolic OH excluding ortho intramolecular Hbond substituents is 2. The summed E-state index contributed by atoms with van der Waals surface area (Å²) in [5.74, 6) is -1.27. The first-order valence-corrected chi connectivity index (χ1v) is 5.67. The zero-order valence-electron chi connectivity index (χ0n) is 10.1. The molecule has 0 aliphatic heterocycles. The molecule has 0 amide bonds. The standard InChI is InChI=1S/C14H8FN3O2/c1-16-8-4-12-10(14(20)5-8)7-17-18(12)9-2-3-13(19)11(15)6-9/h2-7,19-20H. The van der Waals surface area contributed by atoms with Crippen LogP contribution in [0.1, 0.15) is 0 Å². The summed E-state index contributed by atoms with van der Waals surface area (Å²) in [5, 5.41) is 23.6. The van der Waals surface area contributed by atoms with Gasteiger partial charge in [0, 0.05) is 6.07 Å². The molecular weight excluding hydrogens is 261 g/mol. The van der Waals surface area contributed by atoms with E-state index in [1.807, 2.05) is 0 Å². The van der Waals surface area contributed by atoms with Gasteiger partial charge in [0.1, 0.15) is 5.75 Å². The van der Waals surface area contributed by atoms with E-state index in [0.717, 1.165) is 6.07 Å². The van der Waals surface area contributed by atoms with Crippen LogP contribution in [0.3, 0.4) is 0 Å². The number of hydrogen-bond acceptors (Lipinski definition) is 3. The Kier molecular flexibility index (Phi) is 2.54. The van der Waals surface area contributed by atoms with E-state index in [2.05, 4.69) is 9.94 Å². The highest BCUT2D eigenvalue weighted by molar-refractivity contribution is 5.89. The predicted octanol–water partition coefficient (Wildman–Crippen LogP) is 3.13. The Bertz CT molecular complexity index is 865. The van der Waals surface area contributed by atoms with Gasteiger partial charge in [-0.05, 0) is 24.3 Å². The molecule has 3 rings (SSSR count). The van der Waals surface area contributed by atoms with Crippen molar-refractivity contribution < 1.29 is 14.6 Å². The van der Waals surface area contributed by atoms with Crippen LogP contribution in [0.25, 0.3) is 21.4 Å². The number of benzene rings is 2. The molecule has 0 aliphatic rings. The van der Waals surface area contributed by atoms with Gasteiger partial charge in [-0.2, -0.15) is 5.10 Å². The second-order valence-electron chi connectivity index (χ2n) is 4.20. The number of aromatic nitrogens is 2. The molecule has 2 N–H and O–H groups in total. The molecule has 0 radical (unpaired) electrons. The fraction of sp³-hybridized carbons (Fsp3) is 0. The molecule has 0 fully saturated rings. The van der Waals surface area contributed by atoms with Crippen molar-refractivity contribution >= 4 is 16.6 Å². The maximum atomic E-state index is 13.4. The summed E-state index contributed by atoms with van der Waals surface area (Å²) >= 11 is 0. The minimum atomic E-state index is -0.767. The first kappa shape index (κ1) is 12.0. The van der Waals surface area contributed by atoms with E-state index < -0.39 is 11.6 Å². The fourth-order valence-electron chi connectivity index (χ4n) is 1.99. The Morgan fingerprint density at radius 3 is 2.65 bits per heavy atom. The van der Waals surface area contributed by atoms with Crippen LogP contribution in [-0.4, -0.2) is 20.0 Å². The second-order valence-corrected chi connectivity index (χ2v) is 4.20. The third kappa shape index (κ3) is 1.73. The first-order valence-electron chi connectivity index (χ1n) is 5.67. The van der Waals surface area contributed by atoms with E-state index in [4.69, 9.17) is 6.57 Å². The van der Waals surface area contributed by atoms with Crippen molar-refractivity contribution in [3.63, 3.8) is 0 Å². The average molecular weight is 269 g/mol. The summed E-state index contributed by atoms with van der Waals surface area (Å²) in [7, 11) is 0. The van der Waals surface area contributed by atoms with E-state index in [-0.39, 0.29) is 11.4 Å². The largest absolute Gasteiger partial charge is 0.509 e. The molecule has 20 heavy (non-hydrogen) atoms. The average Bonchev–Trinajstić information content (AvgIpc) is 2.86. The maximum absolute atomic E-state index is 13.4. The molecule has 6 heteroatoms. The Hall–Kier alpha value is -3.07. The van der Waals surface area contributed by atoms with Gasteiger partial charge in [0.15, 0.2) is 17.3 Å². The topological polar surface area (TPSA) is 62.6 Å². The zero-order chi connectivity index (χ0) is 14.3. The van der Waals surface area contributed by atoms with Crippen LogP contribution >= 0.6 is 0 Å². The summed E-state index contributed by atoms with van der Waals surface area (Å²) < 4.78 is 14.8. The molecule has 3 aromatic rings. The van der Waals surface area contributed by atoms with Gasteiger partial charge in [0.2, 0.25) is 0 Å². The molecule has 1 aromatic heterocycles. The van der Waals surface area contributed by atoms with Crippen LogP contribution in [0.15, 0.2) is 36.5 Å². The number of fused-ring (bicyclic) bond motifs is 1. The van der Waals surface area contributed by atoms with Crippen molar-refractivity contribution in [2.45, 2.75) is 0 Å². The van der Waals surface area contributed by atoms with Crippen LogP contribution in [0.4, 0.5) is 10.1 Å². The second kappa shape index (κ2) is 4.24. The van der Waals surface area contributed by atoms with Crippen molar-refractivity contribution in [1.82, 2.24) is 9.78 Å². The number of nitrogens with zero attached hydrogens (tertiary/aromatic N) is 3. The molecule has 0 saturated carbocycles. The van der Waals surface area contributed by atoms with Crippen molar-refractivity contribution in [3.8, 4) is 17.2 Å². The molecular formula is C14H8FN3O2. The molecule has 1 heterocycles. The molecule has 0 saturated heterocycles. The smallest absolute Gasteiger partial charge is 0.193 e. The minimum absolute atomic E-state index is 0.0565. The SMILES string of the molecule is [C-]#[N+]c1cc(O)c2cnn(-c3ccc(O)c(F)c3)c2c1. The van der Waals surface area contributed by atoms with Gasteiger partial charge in [-0.25, -0.2) is 13.9 Å². The lowest BCUT2D eigenvalue weighted by molar-refractivity contribution is 0.432. The summed E-state index contributed by atoms with van der Waals surface area (Å²) in [4.78, 5) is 3.26. The van der Waals surface area contributed by atoms with Gasteiger partial charge in [-0.3, -0.25) is 0 Å². The molecule has 0 aliphatic carbocycles. The van der Waals surface area contributed by atoms with Crippen molar-refractivity contribution in [3.05, 3.63) is 53.8 Å². The number of phenols is 2. The first-order chi connectivity index (χ1) is 9.60. The third-order valence-electron chi connectivity index (χ3n) is 2.96. The Morgan fingerprint density at radius 1 is 1.15 bits per heavy atom. The van der Waals surface area contributed by atoms with Crippen LogP contribution in [0, 0.1) is 12.4 Å². The highest BCUT2D eigenvalue weighted by Gasteiger charge is 2.11. The Balaban J connectivity index is 2.29. The predicted molar refractivity (Wildman–Crippen MR) is 70.6 cm³/mol. The molecule has 98 valence electrons. The lowest BCUT2D eigenvalue weighted by Crippen LogP contribution is -1.96. The van der Waals surface area contributed by atoms with E-state index in [1.165, 1.54) is 29.1 Å². The van der Waals surface area contributed by atoms with Gasteiger partial charge in [0.25, 0.3) is 0 Å². The molecule has 5 nitrogen and oxygen atoms in total. The summed E-state index contributed by atoms with van der Waals surface area (Å²) in [6, 6.07) is 6.74. The fourth-order valence-corrected chi connectivity index (χ4v) is 1.99. The van der Waals surface area contributed by atoms with Crippen molar-refractivity contribution in [2.75, 3.05) is 0 Å². The molecule has 0 unspecified atom stereocenters. The zero-order valence-corrected chi connectivity index (χ0v) is 10.1. The monoisotopic (exact) mass is 269 g/mol. The van der Waals surface area contributed by atoms with Gasteiger partial charge in [-0.1, -0.05) is 0 Å². The van der Waals surface area contributed by atoms with E-state index in [9.17, 15) is 14.6 Å². The van der Waals surface area contributed by atoms with E-state index in [1.54, 1.807) is 6.07 Å². The molecule has 0 atom stereocenters. The number of aromatic hydroxyl groups is 2. The summed E-state index contributed by atoms with van der Waals surface area (Å²) in [6.45, 7) is 7.00. The normalized spacial score (nSPS) is 10.6. The minimum Gasteiger partial charge on any atom is -0.509 e. The summed E-state index contributed by atoms with van der Waals surface area (Å²) in [5.41, 5.74) is 1.13. The van der Waals surface area contributed by atoms with E-state index >= 15 is 0 Å². The highest BCUT2D eigenvalue weighted by atomic mass is 19.1. The van der Waals surface area contributed by atoms with Gasteiger partial charge in [0.05, 0.1) is 29.4 Å². The van der Waals surface area contributed by atoms with Crippen molar-refractivity contribution in [2.24, 2.45) is 0 Å². The molecule has 0 bridgehead atoms. The number of hydrogen-bond donors (Lipinski definition) is 2. The summed E-state index contributed by atoms with van der Waals surface area (Å²) in [6.07, 6.45) is 1.43. The maximum Gasteiger partial charge on any atom is 0.193 e. The molecule has 2 aromatic carbocycles. The number of rotatable bonds is 1. The lowest BCUT2D eigenvalue weighted by atomic mass is 10.2. The van der Waals surface area contributed by atoms with Gasteiger partial charge >= 0.3 is 0 Å². The van der Waals surface area contributed by atoms with Crippen LogP contribution in [0.5, 0.6) is 11.5 Å². The lowest BCUT2D eigenvalue weighted by Gasteiger charge is -2.05.